The summed E-state index contributed by atoms with van der Waals surface area (Å²) in [6, 6.07) is 0.0156. The van der Waals surface area contributed by atoms with E-state index in [9.17, 15) is 9.59 Å². The van der Waals surface area contributed by atoms with Crippen LogP contribution in [0.4, 0.5) is 0 Å². The van der Waals surface area contributed by atoms with E-state index in [1.165, 1.54) is 0 Å². The molecule has 3 N–H and O–H groups in total. The summed E-state index contributed by atoms with van der Waals surface area (Å²) in [6.45, 7) is 4.07. The summed E-state index contributed by atoms with van der Waals surface area (Å²) in [5, 5.41) is 8.70. The Hall–Kier alpha value is -1.10. The summed E-state index contributed by atoms with van der Waals surface area (Å²) in [4.78, 5) is 24.4. The molecule has 5 nitrogen and oxygen atoms in total. The maximum atomic E-state index is 12.2. The van der Waals surface area contributed by atoms with E-state index in [4.69, 9.17) is 10.8 Å². The fourth-order valence-corrected chi connectivity index (χ4v) is 2.55. The topological polar surface area (TPSA) is 83.6 Å². The Morgan fingerprint density at radius 1 is 1.33 bits per heavy atom. The molecule has 1 saturated carbocycles. The molecule has 0 aromatic rings. The molecule has 5 heteroatoms. The van der Waals surface area contributed by atoms with Crippen molar-refractivity contribution in [1.29, 1.82) is 0 Å². The smallest absolute Gasteiger partial charge is 0.305 e. The number of hydrogen-bond acceptors (Lipinski definition) is 3. The second kappa shape index (κ2) is 6.18. The van der Waals surface area contributed by atoms with Gasteiger partial charge in [0.25, 0.3) is 0 Å². The van der Waals surface area contributed by atoms with Gasteiger partial charge in [0.2, 0.25) is 5.91 Å². The van der Waals surface area contributed by atoms with E-state index in [0.717, 1.165) is 25.7 Å². The quantitative estimate of drug-likeness (QED) is 0.751. The van der Waals surface area contributed by atoms with Crippen molar-refractivity contribution in [3.8, 4) is 0 Å². The van der Waals surface area contributed by atoms with E-state index < -0.39 is 5.97 Å². The third-order valence-corrected chi connectivity index (χ3v) is 3.61. The molecule has 0 bridgehead atoms. The van der Waals surface area contributed by atoms with Crippen molar-refractivity contribution >= 4 is 11.9 Å². The molecule has 0 saturated heterocycles. The van der Waals surface area contributed by atoms with Crippen molar-refractivity contribution in [3.63, 3.8) is 0 Å². The lowest BCUT2D eigenvalue weighted by Gasteiger charge is -2.31. The third-order valence-electron chi connectivity index (χ3n) is 3.61. The number of aliphatic carboxylic acids is 1. The molecule has 0 radical (unpaired) electrons. The van der Waals surface area contributed by atoms with E-state index in [1.54, 1.807) is 4.90 Å². The summed E-state index contributed by atoms with van der Waals surface area (Å²) in [5.41, 5.74) is 5.82. The predicted molar refractivity (Wildman–Crippen MR) is 69.1 cm³/mol. The second-order valence-electron chi connectivity index (χ2n) is 5.57. The fourth-order valence-electron chi connectivity index (χ4n) is 2.55. The Morgan fingerprint density at radius 2 is 1.89 bits per heavy atom. The van der Waals surface area contributed by atoms with Crippen molar-refractivity contribution in [1.82, 2.24) is 4.90 Å². The molecule has 0 heterocycles. The van der Waals surface area contributed by atoms with Crippen LogP contribution < -0.4 is 5.73 Å². The zero-order chi connectivity index (χ0) is 13.8. The molecular weight excluding hydrogens is 232 g/mol. The molecule has 0 spiro atoms. The van der Waals surface area contributed by atoms with Gasteiger partial charge in [0, 0.05) is 24.5 Å². The van der Waals surface area contributed by atoms with Crippen LogP contribution in [0, 0.1) is 0 Å². The average molecular weight is 256 g/mol. The number of hydrogen-bond donors (Lipinski definition) is 2. The molecule has 1 aliphatic carbocycles. The van der Waals surface area contributed by atoms with E-state index in [-0.39, 0.29) is 30.5 Å². The Labute approximate surface area is 108 Å². The van der Waals surface area contributed by atoms with Gasteiger partial charge in [-0.25, -0.2) is 0 Å². The maximum Gasteiger partial charge on any atom is 0.305 e. The van der Waals surface area contributed by atoms with Crippen LogP contribution in [0.25, 0.3) is 0 Å². The van der Waals surface area contributed by atoms with Crippen LogP contribution in [0.3, 0.4) is 0 Å². The molecule has 1 aliphatic rings. The zero-order valence-electron chi connectivity index (χ0n) is 11.3. The van der Waals surface area contributed by atoms with Crippen molar-refractivity contribution in [3.05, 3.63) is 0 Å². The van der Waals surface area contributed by atoms with Gasteiger partial charge >= 0.3 is 5.97 Å². The number of carboxylic acid groups (broad SMARTS) is 1. The number of nitrogens with zero attached hydrogens (tertiary/aromatic N) is 1. The summed E-state index contributed by atoms with van der Waals surface area (Å²) in [5.74, 6) is -0.896. The number of carbonyl (C=O) groups is 2. The number of carboxylic acids is 1. The largest absolute Gasteiger partial charge is 0.481 e. The molecule has 0 aliphatic heterocycles. The van der Waals surface area contributed by atoms with Gasteiger partial charge in [0.05, 0.1) is 6.42 Å². The number of nitrogens with two attached hydrogens (primary N) is 1. The first kappa shape index (κ1) is 15.0. The van der Waals surface area contributed by atoms with Crippen LogP contribution in [0.5, 0.6) is 0 Å². The van der Waals surface area contributed by atoms with E-state index >= 15 is 0 Å². The Morgan fingerprint density at radius 3 is 2.33 bits per heavy atom. The predicted octanol–water partition coefficient (Wildman–Crippen LogP) is 1.36. The van der Waals surface area contributed by atoms with Crippen molar-refractivity contribution in [2.24, 2.45) is 5.73 Å². The number of carbonyl (C=O) groups excluding carboxylic acids is 1. The summed E-state index contributed by atoms with van der Waals surface area (Å²) < 4.78 is 0. The molecule has 0 unspecified atom stereocenters. The fraction of sp³-hybridized carbons (Fsp3) is 0.846. The first-order valence-electron chi connectivity index (χ1n) is 6.64. The minimum absolute atomic E-state index is 0.0124. The zero-order valence-corrected chi connectivity index (χ0v) is 11.3. The number of amides is 1. The van der Waals surface area contributed by atoms with E-state index in [0.29, 0.717) is 6.42 Å². The van der Waals surface area contributed by atoms with E-state index in [2.05, 4.69) is 0 Å². The minimum Gasteiger partial charge on any atom is -0.481 e. The molecule has 104 valence electrons. The van der Waals surface area contributed by atoms with Gasteiger partial charge in [-0.05, 0) is 26.7 Å². The molecule has 0 atom stereocenters. The van der Waals surface area contributed by atoms with Crippen LogP contribution in [0.2, 0.25) is 0 Å². The Bertz CT molecular complexity index is 309. The highest BCUT2D eigenvalue weighted by molar-refractivity contribution is 5.78. The van der Waals surface area contributed by atoms with Gasteiger partial charge in [-0.2, -0.15) is 0 Å². The Balaban J connectivity index is 2.56. The van der Waals surface area contributed by atoms with Gasteiger partial charge in [-0.1, -0.05) is 12.8 Å². The minimum atomic E-state index is -0.878. The normalized spacial score (nSPS) is 18.0. The first-order chi connectivity index (χ1) is 8.34. The monoisotopic (exact) mass is 256 g/mol. The lowest BCUT2D eigenvalue weighted by Crippen LogP contribution is -2.46. The second-order valence-corrected chi connectivity index (χ2v) is 5.57. The Kier molecular flexibility index (Phi) is 5.14. The van der Waals surface area contributed by atoms with Crippen molar-refractivity contribution in [2.45, 2.75) is 64.0 Å². The van der Waals surface area contributed by atoms with Crippen LogP contribution in [-0.4, -0.2) is 40.0 Å². The van der Waals surface area contributed by atoms with Crippen molar-refractivity contribution in [2.75, 3.05) is 6.54 Å². The summed E-state index contributed by atoms with van der Waals surface area (Å²) >= 11 is 0. The SMILES string of the molecule is CC(C)N(CCC(=O)O)C(=O)CC1(N)CCCC1. The van der Waals surface area contributed by atoms with Crippen LogP contribution >= 0.6 is 0 Å². The first-order valence-corrected chi connectivity index (χ1v) is 6.64. The molecule has 1 rings (SSSR count). The van der Waals surface area contributed by atoms with E-state index in [1.807, 2.05) is 13.8 Å². The summed E-state index contributed by atoms with van der Waals surface area (Å²) in [7, 11) is 0. The summed E-state index contributed by atoms with van der Waals surface area (Å²) in [6.07, 6.45) is 4.28. The van der Waals surface area contributed by atoms with Gasteiger partial charge in [-0.15, -0.1) is 0 Å². The highest BCUT2D eigenvalue weighted by atomic mass is 16.4. The highest BCUT2D eigenvalue weighted by Crippen LogP contribution is 2.30. The van der Waals surface area contributed by atoms with Gasteiger partial charge < -0.3 is 15.7 Å². The third kappa shape index (κ3) is 4.29. The van der Waals surface area contributed by atoms with Crippen LogP contribution in [-0.2, 0) is 9.59 Å². The standard InChI is InChI=1S/C13H24N2O3/c1-10(2)15(8-5-12(17)18)11(16)9-13(14)6-3-4-7-13/h10H,3-9,14H2,1-2H3,(H,17,18). The molecule has 1 amide bonds. The highest BCUT2D eigenvalue weighted by Gasteiger charge is 2.33. The molecule has 1 fully saturated rings. The van der Waals surface area contributed by atoms with Crippen LogP contribution in [0.1, 0.15) is 52.4 Å². The van der Waals surface area contributed by atoms with Gasteiger partial charge in [0.15, 0.2) is 0 Å². The van der Waals surface area contributed by atoms with Crippen molar-refractivity contribution < 1.29 is 14.7 Å². The maximum absolute atomic E-state index is 12.2. The van der Waals surface area contributed by atoms with Crippen LogP contribution in [0.15, 0.2) is 0 Å². The molecule has 18 heavy (non-hydrogen) atoms. The molecule has 0 aromatic carbocycles. The lowest BCUT2D eigenvalue weighted by atomic mass is 9.93. The molecule has 0 aromatic heterocycles. The average Bonchev–Trinajstić information content (AvgIpc) is 2.63. The molecular formula is C13H24N2O3. The van der Waals surface area contributed by atoms with Gasteiger partial charge in [-0.3, -0.25) is 9.59 Å². The lowest BCUT2D eigenvalue weighted by molar-refractivity contribution is -0.139. The van der Waals surface area contributed by atoms with Gasteiger partial charge in [0.1, 0.15) is 0 Å². The number of rotatable bonds is 6.